The monoisotopic (exact) mass is 507 g/mol. The molecule has 0 unspecified atom stereocenters. The predicted octanol–water partition coefficient (Wildman–Crippen LogP) is 2.96. The summed E-state index contributed by atoms with van der Waals surface area (Å²) in [6.45, 7) is 1.41. The number of aromatic nitrogens is 1. The highest BCUT2D eigenvalue weighted by Gasteiger charge is 2.38. The van der Waals surface area contributed by atoms with Crippen molar-refractivity contribution < 1.29 is 32.5 Å². The maximum atomic E-state index is 13.2. The zero-order valence-electron chi connectivity index (χ0n) is 20.0. The molecule has 2 aliphatic rings. The zero-order valence-corrected chi connectivity index (χ0v) is 20.0. The van der Waals surface area contributed by atoms with Gasteiger partial charge < -0.3 is 19.9 Å². The molecule has 0 spiro atoms. The van der Waals surface area contributed by atoms with E-state index in [0.29, 0.717) is 31.4 Å². The molecule has 2 N–H and O–H groups in total. The molecule has 1 aromatic heterocycles. The maximum Gasteiger partial charge on any atom is 0.416 e. The molecule has 0 radical (unpaired) electrons. The van der Waals surface area contributed by atoms with Crippen LogP contribution in [0.5, 0.6) is 0 Å². The molecule has 2 aliphatic heterocycles. The average molecular weight is 508 g/mol. The van der Waals surface area contributed by atoms with Gasteiger partial charge in [-0.2, -0.15) is 13.2 Å². The number of amides is 1. The van der Waals surface area contributed by atoms with Crippen molar-refractivity contribution in [2.24, 2.45) is 0 Å². The van der Waals surface area contributed by atoms with Crippen LogP contribution in [-0.4, -0.2) is 71.6 Å². The number of benzene rings is 1. The number of hydrogen-bond donors (Lipinski definition) is 2. The van der Waals surface area contributed by atoms with Gasteiger partial charge in [0.25, 0.3) is 0 Å². The van der Waals surface area contributed by atoms with Gasteiger partial charge >= 0.3 is 6.18 Å². The smallest absolute Gasteiger partial charge is 0.389 e. The summed E-state index contributed by atoms with van der Waals surface area (Å²) >= 11 is 0. The predicted molar refractivity (Wildman–Crippen MR) is 126 cm³/mol. The molecule has 2 aromatic rings. The molecule has 2 saturated heterocycles. The molecule has 3 heterocycles. The molecule has 196 valence electrons. The number of aliphatic hydroxyl groups is 1. The lowest BCUT2D eigenvalue weighted by Crippen LogP contribution is -2.55. The Labute approximate surface area is 208 Å². The molecule has 36 heavy (non-hydrogen) atoms. The highest BCUT2D eigenvalue weighted by atomic mass is 19.4. The number of fused-ring (bicyclic) bond motifs is 1. The van der Waals surface area contributed by atoms with Gasteiger partial charge in [0.05, 0.1) is 43.5 Å². The van der Waals surface area contributed by atoms with E-state index in [2.05, 4.69) is 10.3 Å². The largest absolute Gasteiger partial charge is 0.416 e. The first kappa shape index (κ1) is 26.5. The third-order valence-corrected chi connectivity index (χ3v) is 6.63. The average Bonchev–Trinajstić information content (AvgIpc) is 2.83. The third kappa shape index (κ3) is 7.49. The number of ether oxygens (including phenoxy) is 2. The van der Waals surface area contributed by atoms with Crippen LogP contribution in [0.15, 0.2) is 48.8 Å². The van der Waals surface area contributed by atoms with Crippen LogP contribution in [-0.2, 0) is 33.4 Å². The van der Waals surface area contributed by atoms with Gasteiger partial charge in [0.1, 0.15) is 0 Å². The van der Waals surface area contributed by atoms with Gasteiger partial charge in [-0.3, -0.25) is 14.7 Å². The molecule has 1 aromatic carbocycles. The number of nitrogens with zero attached hydrogens (tertiary/aromatic N) is 2. The Kier molecular flexibility index (Phi) is 8.95. The minimum Gasteiger partial charge on any atom is -0.389 e. The number of carbonyl (C=O) groups excluding carboxylic acids is 1. The Morgan fingerprint density at radius 2 is 1.94 bits per heavy atom. The number of β-amino-alcohol motifs (C(OH)–C–C–N with tert-alkyl or cyclic N) is 1. The Morgan fingerprint density at radius 3 is 2.72 bits per heavy atom. The molecule has 0 bridgehead atoms. The first-order valence-electron chi connectivity index (χ1n) is 12.2. The quantitative estimate of drug-likeness (QED) is 0.600. The summed E-state index contributed by atoms with van der Waals surface area (Å²) in [4.78, 5) is 18.4. The van der Waals surface area contributed by atoms with E-state index in [1.165, 1.54) is 6.07 Å². The van der Waals surface area contributed by atoms with Crippen molar-refractivity contribution >= 4 is 5.91 Å². The summed E-state index contributed by atoms with van der Waals surface area (Å²) in [6.07, 6.45) is -0.0692. The molecule has 1 amide bonds. The molecule has 4 rings (SSSR count). The standard InChI is InChI=1S/C26H32F3N3O4/c27-26(28,29)20-3-1-2-19(12-20)14-32-15-21(33)16-35-17-24-23(32)5-4-22(36-24)13-25(34)31-11-8-18-6-9-30-10-7-18/h1-3,6-7,9-10,12,21-24,33H,4-5,8,11,13-17H2,(H,31,34)/t21-,22+,23-,24+/m1/s1. The highest BCUT2D eigenvalue weighted by molar-refractivity contribution is 5.76. The molecular weight excluding hydrogens is 475 g/mol. The summed E-state index contributed by atoms with van der Waals surface area (Å²) in [5, 5.41) is 13.3. The van der Waals surface area contributed by atoms with Crippen LogP contribution in [0.3, 0.4) is 0 Å². The molecule has 0 saturated carbocycles. The topological polar surface area (TPSA) is 83.9 Å². The lowest BCUT2D eigenvalue weighted by Gasteiger charge is -2.44. The Bertz CT molecular complexity index is 992. The second-order valence-electron chi connectivity index (χ2n) is 9.42. The van der Waals surface area contributed by atoms with Crippen LogP contribution in [0.25, 0.3) is 0 Å². The summed E-state index contributed by atoms with van der Waals surface area (Å²) in [5.74, 6) is -0.0875. The number of carbonyl (C=O) groups is 1. The van der Waals surface area contributed by atoms with Gasteiger partial charge in [0.2, 0.25) is 5.91 Å². The van der Waals surface area contributed by atoms with Gasteiger partial charge in [-0.25, -0.2) is 0 Å². The van der Waals surface area contributed by atoms with E-state index < -0.39 is 17.8 Å². The van der Waals surface area contributed by atoms with Crippen molar-refractivity contribution in [1.29, 1.82) is 0 Å². The lowest BCUT2D eigenvalue weighted by molar-refractivity contribution is -0.158. The van der Waals surface area contributed by atoms with Gasteiger partial charge in [-0.15, -0.1) is 0 Å². The van der Waals surface area contributed by atoms with Crippen LogP contribution < -0.4 is 5.32 Å². The van der Waals surface area contributed by atoms with Gasteiger partial charge in [-0.1, -0.05) is 18.2 Å². The Balaban J connectivity index is 1.34. The van der Waals surface area contributed by atoms with Crippen molar-refractivity contribution in [1.82, 2.24) is 15.2 Å². The first-order valence-corrected chi connectivity index (χ1v) is 12.2. The fourth-order valence-electron chi connectivity index (χ4n) is 4.88. The van der Waals surface area contributed by atoms with Crippen LogP contribution in [0.4, 0.5) is 13.2 Å². The number of aliphatic hydroxyl groups excluding tert-OH is 1. The molecule has 2 fully saturated rings. The van der Waals surface area contributed by atoms with E-state index in [1.54, 1.807) is 18.5 Å². The molecule has 0 aliphatic carbocycles. The van der Waals surface area contributed by atoms with Crippen molar-refractivity contribution in [3.05, 3.63) is 65.5 Å². The zero-order chi connectivity index (χ0) is 25.5. The number of hydrogen-bond acceptors (Lipinski definition) is 6. The normalized spacial score (nSPS) is 25.4. The van der Waals surface area contributed by atoms with Gasteiger partial charge in [-0.05, 0) is 48.6 Å². The van der Waals surface area contributed by atoms with Crippen LogP contribution in [0.1, 0.15) is 36.0 Å². The van der Waals surface area contributed by atoms with Crippen molar-refractivity contribution in [2.45, 2.75) is 62.8 Å². The lowest BCUT2D eigenvalue weighted by atomic mass is 9.94. The fourth-order valence-corrected chi connectivity index (χ4v) is 4.88. The van der Waals surface area contributed by atoms with Gasteiger partial charge in [0, 0.05) is 38.1 Å². The Morgan fingerprint density at radius 1 is 1.14 bits per heavy atom. The molecule has 7 nitrogen and oxygen atoms in total. The summed E-state index contributed by atoms with van der Waals surface area (Å²) in [5.41, 5.74) is 0.923. The van der Waals surface area contributed by atoms with Crippen molar-refractivity contribution in [2.75, 3.05) is 26.3 Å². The third-order valence-electron chi connectivity index (χ3n) is 6.63. The Hall–Kier alpha value is -2.53. The number of pyridine rings is 1. The van der Waals surface area contributed by atoms with E-state index >= 15 is 0 Å². The van der Waals surface area contributed by atoms with E-state index in [9.17, 15) is 23.1 Å². The van der Waals surface area contributed by atoms with Crippen LogP contribution in [0.2, 0.25) is 0 Å². The maximum absolute atomic E-state index is 13.2. The summed E-state index contributed by atoms with van der Waals surface area (Å²) in [7, 11) is 0. The first-order chi connectivity index (χ1) is 17.3. The van der Waals surface area contributed by atoms with Crippen molar-refractivity contribution in [3.8, 4) is 0 Å². The van der Waals surface area contributed by atoms with Crippen LogP contribution in [0, 0.1) is 0 Å². The van der Waals surface area contributed by atoms with E-state index in [-0.39, 0.29) is 56.9 Å². The SMILES string of the molecule is O=C(C[C@@H]1CC[C@@H]2[C@H](COC[C@H](O)CN2Cc2cccc(C(F)(F)F)c2)O1)NCCc1ccncc1. The number of halogens is 3. The molecule has 10 heteroatoms. The van der Waals surface area contributed by atoms with E-state index in [1.807, 2.05) is 17.0 Å². The second kappa shape index (κ2) is 12.1. The number of alkyl halides is 3. The van der Waals surface area contributed by atoms with E-state index in [0.717, 1.165) is 17.7 Å². The fraction of sp³-hybridized carbons (Fsp3) is 0.538. The van der Waals surface area contributed by atoms with Gasteiger partial charge in [0.15, 0.2) is 0 Å². The summed E-state index contributed by atoms with van der Waals surface area (Å²) in [6, 6.07) is 8.95. The van der Waals surface area contributed by atoms with Crippen molar-refractivity contribution in [3.63, 3.8) is 0 Å². The minimum atomic E-state index is -4.41. The highest BCUT2D eigenvalue weighted by Crippen LogP contribution is 2.32. The second-order valence-corrected chi connectivity index (χ2v) is 9.42. The summed E-state index contributed by atoms with van der Waals surface area (Å²) < 4.78 is 51.4. The van der Waals surface area contributed by atoms with E-state index in [4.69, 9.17) is 9.47 Å². The number of rotatable bonds is 7. The van der Waals surface area contributed by atoms with Crippen LogP contribution >= 0.6 is 0 Å². The number of nitrogens with one attached hydrogen (secondary N) is 1. The molecule has 4 atom stereocenters. The minimum absolute atomic E-state index is 0.0875. The molecular formula is C26H32F3N3O4.